The number of hydrogen-bond acceptors (Lipinski definition) is 4. The molecule has 130 valence electrons. The first-order valence-corrected chi connectivity index (χ1v) is 8.69. The van der Waals surface area contributed by atoms with Gasteiger partial charge in [0.05, 0.1) is 6.04 Å². The number of fused-ring (bicyclic) bond motifs is 1. The minimum Gasteiger partial charge on any atom is -0.334 e. The van der Waals surface area contributed by atoms with Crippen LogP contribution in [0.15, 0.2) is 24.3 Å². The lowest BCUT2D eigenvalue weighted by Crippen LogP contribution is -2.34. The van der Waals surface area contributed by atoms with Crippen molar-refractivity contribution in [2.45, 2.75) is 38.8 Å². The van der Waals surface area contributed by atoms with Gasteiger partial charge in [-0.05, 0) is 31.4 Å². The van der Waals surface area contributed by atoms with Gasteiger partial charge in [-0.2, -0.15) is 5.10 Å². The monoisotopic (exact) mass is 339 g/mol. The maximum atomic E-state index is 12.7. The molecule has 25 heavy (non-hydrogen) atoms. The number of nitrogens with one attached hydrogen (secondary N) is 1. The van der Waals surface area contributed by atoms with Crippen LogP contribution < -0.4 is 0 Å². The van der Waals surface area contributed by atoms with Crippen molar-refractivity contribution >= 4 is 11.8 Å². The van der Waals surface area contributed by atoms with E-state index in [1.807, 2.05) is 36.1 Å². The van der Waals surface area contributed by atoms with Gasteiger partial charge in [0.25, 0.3) is 5.91 Å². The number of aromatic amines is 1. The third-order valence-corrected chi connectivity index (χ3v) is 4.98. The van der Waals surface area contributed by atoms with E-state index in [-0.39, 0.29) is 17.9 Å². The maximum absolute atomic E-state index is 12.7. The number of H-pyrrole nitrogens is 1. The molecule has 0 aliphatic carbocycles. The number of nitrogens with zero attached hydrogens (tertiary/aromatic N) is 4. The Balaban J connectivity index is 1.39. The third-order valence-electron chi connectivity index (χ3n) is 4.98. The Bertz CT molecular complexity index is 815. The van der Waals surface area contributed by atoms with E-state index < -0.39 is 0 Å². The molecule has 1 aromatic carbocycles. The lowest BCUT2D eigenvalue weighted by atomic mass is 10.1. The maximum Gasteiger partial charge on any atom is 0.254 e. The van der Waals surface area contributed by atoms with E-state index in [1.165, 1.54) is 0 Å². The van der Waals surface area contributed by atoms with Crippen molar-refractivity contribution in [3.63, 3.8) is 0 Å². The minimum atomic E-state index is -0.0519. The fraction of sp³-hybridized carbons (Fsp3) is 0.444. The van der Waals surface area contributed by atoms with Gasteiger partial charge in [0.2, 0.25) is 5.91 Å². The third kappa shape index (κ3) is 2.90. The van der Waals surface area contributed by atoms with E-state index in [4.69, 9.17) is 0 Å². The largest absolute Gasteiger partial charge is 0.334 e. The summed E-state index contributed by atoms with van der Waals surface area (Å²) in [6.07, 6.45) is 2.18. The standard InChI is InChI=1S/C18H21N5O2/c1-12-19-17(21-20-12)15-7-4-9-23(15)16(24)8-10-22-11-13-5-2-3-6-14(13)18(22)25/h2-3,5-6,15H,4,7-11H2,1H3,(H,19,20,21)/t15-/m1/s1. The molecule has 0 saturated carbocycles. The minimum absolute atomic E-state index is 0.0194. The number of carbonyl (C=O) groups excluding carboxylic acids is 2. The summed E-state index contributed by atoms with van der Waals surface area (Å²) in [6, 6.07) is 7.58. The van der Waals surface area contributed by atoms with Gasteiger partial charge >= 0.3 is 0 Å². The molecule has 1 atom stereocenters. The highest BCUT2D eigenvalue weighted by Gasteiger charge is 2.33. The van der Waals surface area contributed by atoms with Crippen molar-refractivity contribution in [1.29, 1.82) is 0 Å². The molecule has 3 heterocycles. The molecule has 2 amide bonds. The van der Waals surface area contributed by atoms with Gasteiger partial charge in [-0.15, -0.1) is 0 Å². The molecule has 2 aliphatic heterocycles. The number of aromatic nitrogens is 3. The first kappa shape index (κ1) is 15.8. The Labute approximate surface area is 146 Å². The summed E-state index contributed by atoms with van der Waals surface area (Å²) < 4.78 is 0. The molecule has 1 saturated heterocycles. The van der Waals surface area contributed by atoms with Crippen LogP contribution >= 0.6 is 0 Å². The second-order valence-corrected chi connectivity index (χ2v) is 6.66. The summed E-state index contributed by atoms with van der Waals surface area (Å²) in [7, 11) is 0. The average Bonchev–Trinajstić information content (AvgIpc) is 3.32. The van der Waals surface area contributed by atoms with Crippen LogP contribution in [0.1, 0.15) is 52.9 Å². The number of aryl methyl sites for hydroxylation is 1. The molecular weight excluding hydrogens is 318 g/mol. The normalized spacial score (nSPS) is 19.6. The number of rotatable bonds is 4. The number of benzene rings is 1. The van der Waals surface area contributed by atoms with Gasteiger partial charge in [0.1, 0.15) is 5.82 Å². The van der Waals surface area contributed by atoms with E-state index in [0.29, 0.717) is 25.3 Å². The lowest BCUT2D eigenvalue weighted by Gasteiger charge is -2.24. The fourth-order valence-electron chi connectivity index (χ4n) is 3.71. The van der Waals surface area contributed by atoms with Gasteiger partial charge in [-0.25, -0.2) is 4.98 Å². The molecule has 7 nitrogen and oxygen atoms in total. The van der Waals surface area contributed by atoms with Gasteiger partial charge < -0.3 is 9.80 Å². The first-order chi connectivity index (χ1) is 12.1. The second kappa shape index (κ2) is 6.31. The number of hydrogen-bond donors (Lipinski definition) is 1. The molecule has 1 N–H and O–H groups in total. The summed E-state index contributed by atoms with van der Waals surface area (Å²) in [5.74, 6) is 1.53. The quantitative estimate of drug-likeness (QED) is 0.921. The zero-order valence-electron chi connectivity index (χ0n) is 14.2. The zero-order chi connectivity index (χ0) is 17.4. The van der Waals surface area contributed by atoms with Crippen molar-refractivity contribution in [2.24, 2.45) is 0 Å². The van der Waals surface area contributed by atoms with Crippen molar-refractivity contribution < 1.29 is 9.59 Å². The molecule has 2 aromatic rings. The van der Waals surface area contributed by atoms with Crippen LogP contribution in [0.5, 0.6) is 0 Å². The van der Waals surface area contributed by atoms with Crippen LogP contribution in [0, 0.1) is 6.92 Å². The molecule has 0 bridgehead atoms. The SMILES string of the molecule is Cc1nc([C@H]2CCCN2C(=O)CCN2Cc3ccccc3C2=O)n[nH]1. The van der Waals surface area contributed by atoms with Crippen LogP contribution in [-0.4, -0.2) is 49.9 Å². The van der Waals surface area contributed by atoms with Crippen molar-refractivity contribution in [3.05, 3.63) is 47.0 Å². The van der Waals surface area contributed by atoms with Crippen LogP contribution in [0.25, 0.3) is 0 Å². The van der Waals surface area contributed by atoms with Crippen LogP contribution in [0.4, 0.5) is 0 Å². The van der Waals surface area contributed by atoms with E-state index >= 15 is 0 Å². The molecule has 1 fully saturated rings. The van der Waals surface area contributed by atoms with E-state index in [9.17, 15) is 9.59 Å². The summed E-state index contributed by atoms with van der Waals surface area (Å²) in [4.78, 5) is 33.1. The summed E-state index contributed by atoms with van der Waals surface area (Å²) in [6.45, 7) is 3.62. The Morgan fingerprint density at radius 2 is 2.20 bits per heavy atom. The van der Waals surface area contributed by atoms with Gasteiger partial charge in [-0.3, -0.25) is 14.7 Å². The highest BCUT2D eigenvalue weighted by Crippen LogP contribution is 2.30. The molecule has 1 aromatic heterocycles. The Morgan fingerprint density at radius 3 is 2.96 bits per heavy atom. The van der Waals surface area contributed by atoms with Crippen molar-refractivity contribution in [1.82, 2.24) is 25.0 Å². The highest BCUT2D eigenvalue weighted by atomic mass is 16.2. The smallest absolute Gasteiger partial charge is 0.254 e. The predicted molar refractivity (Wildman–Crippen MR) is 90.6 cm³/mol. The number of amides is 2. The molecule has 7 heteroatoms. The summed E-state index contributed by atoms with van der Waals surface area (Å²) >= 11 is 0. The van der Waals surface area contributed by atoms with Crippen LogP contribution in [0.3, 0.4) is 0 Å². The molecule has 2 aliphatic rings. The second-order valence-electron chi connectivity index (χ2n) is 6.66. The topological polar surface area (TPSA) is 82.2 Å². The van der Waals surface area contributed by atoms with Gasteiger partial charge in [-0.1, -0.05) is 18.2 Å². The average molecular weight is 339 g/mol. The van der Waals surface area contributed by atoms with E-state index in [1.54, 1.807) is 4.90 Å². The zero-order valence-corrected chi connectivity index (χ0v) is 14.2. The predicted octanol–water partition coefficient (Wildman–Crippen LogP) is 1.82. The van der Waals surface area contributed by atoms with Crippen molar-refractivity contribution in [2.75, 3.05) is 13.1 Å². The van der Waals surface area contributed by atoms with Gasteiger partial charge in [0.15, 0.2) is 5.82 Å². The van der Waals surface area contributed by atoms with E-state index in [0.717, 1.165) is 36.3 Å². The summed E-state index contributed by atoms with van der Waals surface area (Å²) in [5, 5.41) is 7.06. The molecule has 0 radical (unpaired) electrons. The van der Waals surface area contributed by atoms with Crippen LogP contribution in [0.2, 0.25) is 0 Å². The molecule has 0 unspecified atom stereocenters. The molecular formula is C18H21N5O2. The molecule has 4 rings (SSSR count). The summed E-state index contributed by atoms with van der Waals surface area (Å²) in [5.41, 5.74) is 1.79. The van der Waals surface area contributed by atoms with Crippen LogP contribution in [-0.2, 0) is 11.3 Å². The van der Waals surface area contributed by atoms with E-state index in [2.05, 4.69) is 15.2 Å². The fourth-order valence-corrected chi connectivity index (χ4v) is 3.71. The Kier molecular flexibility index (Phi) is 3.99. The number of likely N-dealkylation sites (tertiary alicyclic amines) is 1. The number of carbonyl (C=O) groups is 2. The Morgan fingerprint density at radius 1 is 1.36 bits per heavy atom. The first-order valence-electron chi connectivity index (χ1n) is 8.69. The van der Waals surface area contributed by atoms with Crippen molar-refractivity contribution in [3.8, 4) is 0 Å². The lowest BCUT2D eigenvalue weighted by molar-refractivity contribution is -0.132. The highest BCUT2D eigenvalue weighted by molar-refractivity contribution is 5.98. The van der Waals surface area contributed by atoms with Gasteiger partial charge in [0, 0.05) is 31.6 Å². The Hall–Kier alpha value is -2.70. The molecule has 0 spiro atoms.